The molecule has 1 aliphatic rings. The summed E-state index contributed by atoms with van der Waals surface area (Å²) in [5, 5.41) is 6.04. The van der Waals surface area contributed by atoms with Gasteiger partial charge in [0.05, 0.1) is 42.7 Å². The fourth-order valence-corrected chi connectivity index (χ4v) is 6.25. The zero-order chi connectivity index (χ0) is 30.4. The number of imidazole rings is 1. The Labute approximate surface area is 253 Å². The fraction of sp³-hybridized carbons (Fsp3) is 0.273. The number of halogens is 1. The molecule has 2 aromatic carbocycles. The van der Waals surface area contributed by atoms with Crippen LogP contribution in [0.15, 0.2) is 67.1 Å². The van der Waals surface area contributed by atoms with Gasteiger partial charge in [-0.15, -0.1) is 0 Å². The van der Waals surface area contributed by atoms with Crippen LogP contribution in [0.5, 0.6) is 5.88 Å². The van der Waals surface area contributed by atoms with Crippen LogP contribution in [-0.2, 0) is 24.8 Å². The number of rotatable bonds is 7. The van der Waals surface area contributed by atoms with Gasteiger partial charge in [-0.2, -0.15) is 5.10 Å². The lowest BCUT2D eigenvalue weighted by molar-refractivity contribution is -0.136. The highest BCUT2D eigenvalue weighted by Gasteiger charge is 2.34. The number of aromatic nitrogens is 6. The van der Waals surface area contributed by atoms with Crippen molar-refractivity contribution in [2.24, 2.45) is 7.05 Å². The Morgan fingerprint density at radius 2 is 1.98 bits per heavy atom. The average molecular weight is 593 g/mol. The van der Waals surface area contributed by atoms with Gasteiger partial charge in [-0.1, -0.05) is 18.2 Å². The predicted octanol–water partition coefficient (Wildman–Crippen LogP) is 4.92. The molecule has 4 aromatic heterocycles. The molecule has 1 amide bonds. The van der Waals surface area contributed by atoms with Crippen LogP contribution in [0.4, 0.5) is 4.39 Å². The summed E-state index contributed by atoms with van der Waals surface area (Å²) in [5.74, 6) is 0.817. The molecule has 0 radical (unpaired) electrons. The maximum absolute atomic E-state index is 14.2. The van der Waals surface area contributed by atoms with E-state index in [2.05, 4.69) is 20.0 Å². The molecule has 10 nitrogen and oxygen atoms in total. The lowest BCUT2D eigenvalue weighted by Gasteiger charge is -2.40. The van der Waals surface area contributed by atoms with Crippen molar-refractivity contribution in [3.05, 3.63) is 95.6 Å². The smallest absolute Gasteiger partial charge is 0.227 e. The van der Waals surface area contributed by atoms with Crippen LogP contribution in [0.1, 0.15) is 28.7 Å². The first-order valence-electron chi connectivity index (χ1n) is 14.6. The van der Waals surface area contributed by atoms with Crippen LogP contribution in [0.25, 0.3) is 33.1 Å². The molecule has 0 bridgehead atoms. The van der Waals surface area contributed by atoms with Gasteiger partial charge >= 0.3 is 0 Å². The number of aryl methyl sites for hydroxylation is 2. The summed E-state index contributed by atoms with van der Waals surface area (Å²) in [5.41, 5.74) is 6.00. The van der Waals surface area contributed by atoms with Crippen molar-refractivity contribution in [3.8, 4) is 17.1 Å². The van der Waals surface area contributed by atoms with Crippen LogP contribution in [-0.4, -0.2) is 72.2 Å². The maximum atomic E-state index is 14.2. The van der Waals surface area contributed by atoms with E-state index in [4.69, 9.17) is 14.7 Å². The van der Waals surface area contributed by atoms with Crippen LogP contribution in [0.3, 0.4) is 0 Å². The molecule has 2 N–H and O–H groups in total. The number of fused-ring (bicyclic) bond motifs is 2. The summed E-state index contributed by atoms with van der Waals surface area (Å²) >= 11 is 0. The second-order valence-electron chi connectivity index (χ2n) is 11.4. The summed E-state index contributed by atoms with van der Waals surface area (Å²) < 4.78 is 21.6. The molecule has 0 spiro atoms. The summed E-state index contributed by atoms with van der Waals surface area (Å²) in [6.07, 6.45) is 5.81. The second kappa shape index (κ2) is 11.2. The molecular formula is C33H33FN8O2. The molecule has 0 saturated carbocycles. The number of carbonyl (C=O) groups excluding carboxylic acids is 1. The number of amides is 1. The van der Waals surface area contributed by atoms with Crippen molar-refractivity contribution in [1.82, 2.24) is 39.5 Å². The first-order chi connectivity index (χ1) is 21.4. The largest absolute Gasteiger partial charge is 0.480 e. The summed E-state index contributed by atoms with van der Waals surface area (Å²) in [6, 6.07) is 14.2. The number of H-pyrrole nitrogens is 2. The number of aromatic amines is 2. The quantitative estimate of drug-likeness (QED) is 0.272. The van der Waals surface area contributed by atoms with Crippen molar-refractivity contribution >= 4 is 27.7 Å². The average Bonchev–Trinajstić information content (AvgIpc) is 3.75. The van der Waals surface area contributed by atoms with Gasteiger partial charge in [0.2, 0.25) is 11.8 Å². The van der Waals surface area contributed by atoms with Gasteiger partial charge in [0.15, 0.2) is 0 Å². The number of ether oxygens (including phenoxy) is 1. The van der Waals surface area contributed by atoms with E-state index >= 15 is 0 Å². The molecular weight excluding hydrogens is 559 g/mol. The highest BCUT2D eigenvalue weighted by Crippen LogP contribution is 2.33. The molecule has 6 aromatic rings. The Bertz CT molecular complexity index is 1990. The van der Waals surface area contributed by atoms with Crippen molar-refractivity contribution in [2.75, 3.05) is 26.7 Å². The molecule has 5 heterocycles. The molecule has 0 aliphatic carbocycles. The Balaban J connectivity index is 1.22. The van der Waals surface area contributed by atoms with Gasteiger partial charge in [0.1, 0.15) is 17.7 Å². The number of hydrogen-bond acceptors (Lipinski definition) is 6. The molecule has 1 fully saturated rings. The van der Waals surface area contributed by atoms with E-state index < -0.39 is 0 Å². The number of carbonyl (C=O) groups is 1. The Hall–Kier alpha value is -5.03. The van der Waals surface area contributed by atoms with E-state index in [1.165, 1.54) is 12.1 Å². The molecule has 11 heteroatoms. The zero-order valence-corrected chi connectivity index (χ0v) is 24.8. The first kappa shape index (κ1) is 27.8. The van der Waals surface area contributed by atoms with Crippen molar-refractivity contribution in [1.29, 1.82) is 0 Å². The third-order valence-electron chi connectivity index (χ3n) is 8.44. The van der Waals surface area contributed by atoms with Crippen molar-refractivity contribution in [2.45, 2.75) is 25.9 Å². The lowest BCUT2D eigenvalue weighted by Crippen LogP contribution is -2.51. The summed E-state index contributed by atoms with van der Waals surface area (Å²) in [6.45, 7) is 4.45. The van der Waals surface area contributed by atoms with Crippen LogP contribution < -0.4 is 4.74 Å². The van der Waals surface area contributed by atoms with Crippen LogP contribution in [0, 0.1) is 12.7 Å². The van der Waals surface area contributed by atoms with Gasteiger partial charge in [0, 0.05) is 67.0 Å². The Morgan fingerprint density at radius 3 is 2.80 bits per heavy atom. The minimum absolute atomic E-state index is 0.0350. The molecule has 224 valence electrons. The topological polar surface area (TPSA) is 108 Å². The van der Waals surface area contributed by atoms with E-state index in [9.17, 15) is 9.18 Å². The van der Waals surface area contributed by atoms with E-state index in [1.54, 1.807) is 24.1 Å². The molecule has 44 heavy (non-hydrogen) atoms. The number of para-hydroxylation sites is 1. The van der Waals surface area contributed by atoms with Crippen LogP contribution in [0.2, 0.25) is 0 Å². The van der Waals surface area contributed by atoms with Crippen molar-refractivity contribution < 1.29 is 13.9 Å². The second-order valence-corrected chi connectivity index (χ2v) is 11.4. The number of pyridine rings is 1. The predicted molar refractivity (Wildman–Crippen MR) is 166 cm³/mol. The third-order valence-corrected chi connectivity index (χ3v) is 8.44. The third kappa shape index (κ3) is 5.19. The van der Waals surface area contributed by atoms with Gasteiger partial charge < -0.3 is 19.6 Å². The molecule has 1 atom stereocenters. The van der Waals surface area contributed by atoms with E-state index in [0.29, 0.717) is 37.9 Å². The SMILES string of the molecule is COc1nc2ccccc2cc1-c1cnc(C2CN(Cc3cnn(C)c3)CCN2C(=O)Cc2c(C)[nH]c3ccc(F)cc23)[nH]1. The minimum atomic E-state index is -0.330. The molecule has 1 aliphatic heterocycles. The number of piperazine rings is 1. The normalized spacial score (nSPS) is 15.8. The minimum Gasteiger partial charge on any atom is -0.480 e. The van der Waals surface area contributed by atoms with Gasteiger partial charge in [-0.05, 0) is 42.8 Å². The molecule has 7 rings (SSSR count). The van der Waals surface area contributed by atoms with E-state index in [-0.39, 0.29) is 24.2 Å². The lowest BCUT2D eigenvalue weighted by atomic mass is 10.0. The molecule has 1 unspecified atom stereocenters. The van der Waals surface area contributed by atoms with Gasteiger partial charge in [-0.25, -0.2) is 14.4 Å². The van der Waals surface area contributed by atoms with E-state index in [0.717, 1.165) is 49.9 Å². The maximum Gasteiger partial charge on any atom is 0.227 e. The molecule has 1 saturated heterocycles. The van der Waals surface area contributed by atoms with Gasteiger partial charge in [-0.3, -0.25) is 14.4 Å². The van der Waals surface area contributed by atoms with Crippen molar-refractivity contribution in [3.63, 3.8) is 0 Å². The number of benzene rings is 2. The highest BCUT2D eigenvalue weighted by molar-refractivity contribution is 5.90. The van der Waals surface area contributed by atoms with Gasteiger partial charge in [0.25, 0.3) is 0 Å². The number of nitrogens with one attached hydrogen (secondary N) is 2. The Morgan fingerprint density at radius 1 is 1.11 bits per heavy atom. The highest BCUT2D eigenvalue weighted by atomic mass is 19.1. The number of nitrogens with zero attached hydrogens (tertiary/aromatic N) is 6. The van der Waals surface area contributed by atoms with E-state index in [1.807, 2.05) is 61.6 Å². The number of hydrogen-bond donors (Lipinski definition) is 2. The monoisotopic (exact) mass is 592 g/mol. The fourth-order valence-electron chi connectivity index (χ4n) is 6.25. The Kier molecular flexibility index (Phi) is 7.09. The summed E-state index contributed by atoms with van der Waals surface area (Å²) in [7, 11) is 3.51. The van der Waals surface area contributed by atoms with Crippen LogP contribution >= 0.6 is 0 Å². The number of methoxy groups -OCH3 is 1. The zero-order valence-electron chi connectivity index (χ0n) is 24.8. The first-order valence-corrected chi connectivity index (χ1v) is 14.6. The summed E-state index contributed by atoms with van der Waals surface area (Å²) in [4.78, 5) is 34.5. The standard InChI is InChI=1S/C33H33FN8O2/c1-20-24(25-13-23(34)8-9-28(25)37-20)14-31(43)42-11-10-41(18-21-15-36-40(2)17-21)19-30(42)32-35-16-29(38-32)26-12-22-6-4-5-7-27(22)39-33(26)44-3/h4-9,12-13,15-17,30,37H,10-11,14,18-19H2,1-3H3,(H,35,38).